The molecule has 3 aromatic carbocycles. The van der Waals surface area contributed by atoms with Gasteiger partial charge < -0.3 is 10.0 Å². The Balaban J connectivity index is 1.87. The Morgan fingerprint density at radius 3 is 2.48 bits per heavy atom. The molecule has 0 atom stereocenters. The fourth-order valence-corrected chi connectivity index (χ4v) is 3.65. The number of H-pyrrole nitrogens is 1. The molecule has 0 radical (unpaired) electrons. The van der Waals surface area contributed by atoms with Crippen molar-refractivity contribution in [1.29, 1.82) is 0 Å². The molecule has 0 unspecified atom stereocenters. The lowest BCUT2D eigenvalue weighted by Crippen LogP contribution is -2.33. The van der Waals surface area contributed by atoms with Crippen molar-refractivity contribution in [3.63, 3.8) is 0 Å². The van der Waals surface area contributed by atoms with E-state index in [9.17, 15) is 10.0 Å². The number of hydrogen-bond donors (Lipinski definition) is 3. The molecule has 0 aliphatic carbocycles. The van der Waals surface area contributed by atoms with Crippen LogP contribution in [-0.4, -0.2) is 32.3 Å². The second-order valence-electron chi connectivity index (χ2n) is 6.80. The average molecular weight is 383 g/mol. The van der Waals surface area contributed by atoms with Crippen molar-refractivity contribution in [3.8, 4) is 22.4 Å². The quantitative estimate of drug-likeness (QED) is 0.418. The maximum absolute atomic E-state index is 15.1. The minimum absolute atomic E-state index is 0.186. The highest BCUT2D eigenvalue weighted by Crippen LogP contribution is 2.36. The number of nitrogens with one attached hydrogen (secondary N) is 1. The summed E-state index contributed by atoms with van der Waals surface area (Å²) in [6.07, 6.45) is 1.75. The van der Waals surface area contributed by atoms with E-state index in [1.165, 1.54) is 6.07 Å². The van der Waals surface area contributed by atoms with Crippen molar-refractivity contribution in [2.75, 3.05) is 0 Å². The second kappa shape index (κ2) is 6.81. The van der Waals surface area contributed by atoms with Gasteiger partial charge in [0.1, 0.15) is 5.82 Å². The number of halogens is 1. The van der Waals surface area contributed by atoms with Gasteiger partial charge >= 0.3 is 7.12 Å². The number of rotatable bonds is 3. The first-order valence-corrected chi connectivity index (χ1v) is 9.10. The van der Waals surface area contributed by atoms with E-state index in [-0.39, 0.29) is 11.0 Å². The molecule has 3 N–H and O–H groups in total. The molecule has 0 spiro atoms. The van der Waals surface area contributed by atoms with Gasteiger partial charge in [0, 0.05) is 27.4 Å². The predicted octanol–water partition coefficient (Wildman–Crippen LogP) is 3.26. The molecule has 0 amide bonds. The number of benzene rings is 3. The molecule has 2 heterocycles. The van der Waals surface area contributed by atoms with Gasteiger partial charge in [0.2, 0.25) is 0 Å². The van der Waals surface area contributed by atoms with Gasteiger partial charge in [0.25, 0.3) is 0 Å². The van der Waals surface area contributed by atoms with Crippen molar-refractivity contribution >= 4 is 34.4 Å². The van der Waals surface area contributed by atoms with Crippen LogP contribution in [0.5, 0.6) is 0 Å². The van der Waals surface area contributed by atoms with Crippen molar-refractivity contribution in [1.82, 2.24) is 15.2 Å². The SMILES string of the molecule is OB(O)c1cccc(-c2nc3ccc4[nH]ncc4c3cc2-c2ccccc2)c1F. The van der Waals surface area contributed by atoms with Gasteiger partial charge in [0.05, 0.1) is 22.9 Å². The van der Waals surface area contributed by atoms with E-state index >= 15 is 4.39 Å². The summed E-state index contributed by atoms with van der Waals surface area (Å²) in [4.78, 5) is 4.77. The Morgan fingerprint density at radius 1 is 0.862 bits per heavy atom. The first-order chi connectivity index (χ1) is 14.1. The van der Waals surface area contributed by atoms with Crippen LogP contribution in [0.1, 0.15) is 0 Å². The molecule has 7 heteroatoms. The average Bonchev–Trinajstić information content (AvgIpc) is 3.23. The van der Waals surface area contributed by atoms with E-state index in [1.54, 1.807) is 18.3 Å². The second-order valence-corrected chi connectivity index (χ2v) is 6.80. The molecule has 2 aromatic heterocycles. The Hall–Kier alpha value is -3.55. The number of fused-ring (bicyclic) bond motifs is 3. The maximum Gasteiger partial charge on any atom is 0.491 e. The third kappa shape index (κ3) is 2.88. The van der Waals surface area contributed by atoms with E-state index < -0.39 is 12.9 Å². The van der Waals surface area contributed by atoms with E-state index in [0.29, 0.717) is 11.2 Å². The van der Waals surface area contributed by atoms with E-state index in [4.69, 9.17) is 4.98 Å². The fraction of sp³-hybridized carbons (Fsp3) is 0. The molecule has 0 aliphatic rings. The normalized spacial score (nSPS) is 11.3. The van der Waals surface area contributed by atoms with Crippen LogP contribution in [0.3, 0.4) is 0 Å². The lowest BCUT2D eigenvalue weighted by Gasteiger charge is -2.14. The number of aromatic amines is 1. The van der Waals surface area contributed by atoms with Gasteiger partial charge in [-0.15, -0.1) is 0 Å². The molecule has 0 saturated heterocycles. The van der Waals surface area contributed by atoms with Crippen LogP contribution >= 0.6 is 0 Å². The minimum Gasteiger partial charge on any atom is -0.423 e. The highest BCUT2D eigenvalue weighted by Gasteiger charge is 2.22. The summed E-state index contributed by atoms with van der Waals surface area (Å²) in [5, 5.41) is 27.9. The van der Waals surface area contributed by atoms with Crippen molar-refractivity contribution in [2.24, 2.45) is 0 Å². The van der Waals surface area contributed by atoms with Crippen LogP contribution in [0.15, 0.2) is 72.9 Å². The summed E-state index contributed by atoms with van der Waals surface area (Å²) in [5.41, 5.74) is 3.68. The molecule has 5 aromatic rings. The topological polar surface area (TPSA) is 82.0 Å². The largest absolute Gasteiger partial charge is 0.491 e. The molecule has 140 valence electrons. The third-order valence-corrected chi connectivity index (χ3v) is 5.07. The maximum atomic E-state index is 15.1. The van der Waals surface area contributed by atoms with Gasteiger partial charge in [-0.25, -0.2) is 9.37 Å². The van der Waals surface area contributed by atoms with Gasteiger partial charge in [-0.1, -0.05) is 42.5 Å². The zero-order valence-electron chi connectivity index (χ0n) is 15.2. The van der Waals surface area contributed by atoms with E-state index in [0.717, 1.165) is 27.4 Å². The van der Waals surface area contributed by atoms with Crippen LogP contribution in [0.25, 0.3) is 44.2 Å². The molecule has 0 saturated carbocycles. The van der Waals surface area contributed by atoms with Gasteiger partial charge in [0.15, 0.2) is 0 Å². The summed E-state index contributed by atoms with van der Waals surface area (Å²) < 4.78 is 15.1. The number of aromatic nitrogens is 3. The van der Waals surface area contributed by atoms with Crippen LogP contribution in [0.4, 0.5) is 4.39 Å². The zero-order valence-corrected chi connectivity index (χ0v) is 15.2. The van der Waals surface area contributed by atoms with Crippen molar-refractivity contribution in [3.05, 3.63) is 78.7 Å². The minimum atomic E-state index is -1.90. The summed E-state index contributed by atoms with van der Waals surface area (Å²) in [6.45, 7) is 0. The Labute approximate surface area is 165 Å². The van der Waals surface area contributed by atoms with Gasteiger partial charge in [-0.3, -0.25) is 5.10 Å². The highest BCUT2D eigenvalue weighted by atomic mass is 19.1. The molecular formula is C22H15BFN3O2. The molecule has 29 heavy (non-hydrogen) atoms. The molecular weight excluding hydrogens is 368 g/mol. The molecule has 0 bridgehead atoms. The Bertz CT molecular complexity index is 1350. The first kappa shape index (κ1) is 17.5. The number of hydrogen-bond acceptors (Lipinski definition) is 4. The summed E-state index contributed by atoms with van der Waals surface area (Å²) >= 11 is 0. The Morgan fingerprint density at radius 2 is 1.69 bits per heavy atom. The molecule has 5 rings (SSSR count). The van der Waals surface area contributed by atoms with Crippen molar-refractivity contribution < 1.29 is 14.4 Å². The summed E-state index contributed by atoms with van der Waals surface area (Å²) in [6, 6.07) is 19.9. The standard InChI is InChI=1S/C22H15BFN3O2/c24-21-14(7-4-8-18(21)23(28)29)22-15(13-5-2-1-3-6-13)11-16-17-12-25-27-20(17)10-9-19(16)26-22/h1-12,28-29H,(H,25,27). The van der Waals surface area contributed by atoms with Crippen LogP contribution in [0.2, 0.25) is 0 Å². The third-order valence-electron chi connectivity index (χ3n) is 5.07. The highest BCUT2D eigenvalue weighted by molar-refractivity contribution is 6.58. The number of nitrogens with zero attached hydrogens (tertiary/aromatic N) is 2. The van der Waals surface area contributed by atoms with E-state index in [2.05, 4.69) is 10.2 Å². The lowest BCUT2D eigenvalue weighted by atomic mass is 9.78. The van der Waals surface area contributed by atoms with Crippen LogP contribution in [-0.2, 0) is 0 Å². The summed E-state index contributed by atoms with van der Waals surface area (Å²) in [5.74, 6) is -0.698. The van der Waals surface area contributed by atoms with E-state index in [1.807, 2.05) is 48.5 Å². The first-order valence-electron chi connectivity index (χ1n) is 9.10. The lowest BCUT2D eigenvalue weighted by molar-refractivity contribution is 0.423. The number of pyridine rings is 1. The Kier molecular flexibility index (Phi) is 4.12. The fourth-order valence-electron chi connectivity index (χ4n) is 3.65. The van der Waals surface area contributed by atoms with Gasteiger partial charge in [-0.05, 0) is 29.8 Å². The smallest absolute Gasteiger partial charge is 0.423 e. The predicted molar refractivity (Wildman–Crippen MR) is 112 cm³/mol. The van der Waals surface area contributed by atoms with Crippen LogP contribution < -0.4 is 5.46 Å². The molecule has 0 aliphatic heterocycles. The molecule has 0 fully saturated rings. The van der Waals surface area contributed by atoms with Crippen LogP contribution in [0, 0.1) is 5.82 Å². The van der Waals surface area contributed by atoms with Crippen molar-refractivity contribution in [2.45, 2.75) is 0 Å². The zero-order chi connectivity index (χ0) is 20.0. The van der Waals surface area contributed by atoms with Gasteiger partial charge in [-0.2, -0.15) is 5.10 Å². The summed E-state index contributed by atoms with van der Waals surface area (Å²) in [7, 11) is -1.90. The molecule has 5 nitrogen and oxygen atoms in total. The monoisotopic (exact) mass is 383 g/mol.